The Bertz CT molecular complexity index is 901. The Labute approximate surface area is 199 Å². The number of aryl methyl sites for hydroxylation is 1. The van der Waals surface area contributed by atoms with Gasteiger partial charge < -0.3 is 19.8 Å². The molecule has 0 radical (unpaired) electrons. The average molecular weight is 455 g/mol. The summed E-state index contributed by atoms with van der Waals surface area (Å²) < 4.78 is 5.41. The molecule has 182 valence electrons. The molecule has 4 rings (SSSR count). The maximum absolute atomic E-state index is 11.2. The fourth-order valence-electron chi connectivity index (χ4n) is 6.03. The van der Waals surface area contributed by atoms with Gasteiger partial charge in [-0.25, -0.2) is 0 Å². The number of piperidine rings is 1. The average Bonchev–Trinajstić information content (AvgIpc) is 2.87. The first-order chi connectivity index (χ1) is 16.0. The number of aromatic nitrogens is 1. The second-order valence-corrected chi connectivity index (χ2v) is 10.6. The van der Waals surface area contributed by atoms with E-state index in [4.69, 9.17) is 4.74 Å². The summed E-state index contributed by atoms with van der Waals surface area (Å²) in [5, 5.41) is 22.5. The molecule has 0 unspecified atom stereocenters. The lowest BCUT2D eigenvalue weighted by Gasteiger charge is -2.41. The highest BCUT2D eigenvalue weighted by molar-refractivity contribution is 5.84. The zero-order valence-electron chi connectivity index (χ0n) is 20.6. The summed E-state index contributed by atoms with van der Waals surface area (Å²) >= 11 is 0. The van der Waals surface area contributed by atoms with Crippen LogP contribution in [0.1, 0.15) is 81.4 Å². The second kappa shape index (κ2) is 11.2. The highest BCUT2D eigenvalue weighted by Crippen LogP contribution is 2.40. The van der Waals surface area contributed by atoms with Crippen molar-refractivity contribution >= 4 is 10.9 Å². The molecule has 5 heteroatoms. The molecule has 2 N–H and O–H groups in total. The van der Waals surface area contributed by atoms with Gasteiger partial charge in [-0.15, -0.1) is 0 Å². The topological polar surface area (TPSA) is 65.8 Å². The van der Waals surface area contributed by atoms with Gasteiger partial charge in [0.05, 0.1) is 18.7 Å². The number of rotatable bonds is 9. The number of nitrogens with zero attached hydrogens (tertiary/aromatic N) is 2. The summed E-state index contributed by atoms with van der Waals surface area (Å²) in [4.78, 5) is 7.13. The van der Waals surface area contributed by atoms with Crippen molar-refractivity contribution < 1.29 is 14.9 Å². The van der Waals surface area contributed by atoms with E-state index in [1.54, 1.807) is 7.11 Å². The molecule has 5 nitrogen and oxygen atoms in total. The molecule has 1 aromatic carbocycles. The molecule has 2 heterocycles. The third kappa shape index (κ3) is 5.87. The highest BCUT2D eigenvalue weighted by atomic mass is 16.5. The van der Waals surface area contributed by atoms with Crippen LogP contribution in [0, 0.1) is 18.3 Å². The van der Waals surface area contributed by atoms with Crippen LogP contribution in [-0.4, -0.2) is 53.4 Å². The SMILES string of the molecule is COc1ccc2ncc(C)c([C@@H](O)CCC3(CO)CCN(CCC4CCCCC4)CC3)c2c1. The molecule has 1 saturated heterocycles. The van der Waals surface area contributed by atoms with Crippen molar-refractivity contribution in [3.05, 3.63) is 35.5 Å². The minimum atomic E-state index is -0.574. The number of aliphatic hydroxyl groups is 2. The molecule has 1 aliphatic heterocycles. The van der Waals surface area contributed by atoms with Crippen LogP contribution in [0.25, 0.3) is 10.9 Å². The number of fused-ring (bicyclic) bond motifs is 1. The lowest BCUT2D eigenvalue weighted by Crippen LogP contribution is -2.42. The summed E-state index contributed by atoms with van der Waals surface area (Å²) in [6.45, 7) is 5.56. The first kappa shape index (κ1) is 24.4. The van der Waals surface area contributed by atoms with E-state index in [0.29, 0.717) is 6.42 Å². The number of pyridine rings is 1. The van der Waals surface area contributed by atoms with E-state index in [-0.39, 0.29) is 12.0 Å². The van der Waals surface area contributed by atoms with Crippen LogP contribution in [0.4, 0.5) is 0 Å². The van der Waals surface area contributed by atoms with Gasteiger partial charge >= 0.3 is 0 Å². The van der Waals surface area contributed by atoms with Gasteiger partial charge in [0.15, 0.2) is 0 Å². The maximum atomic E-state index is 11.2. The third-order valence-corrected chi connectivity index (χ3v) is 8.43. The van der Waals surface area contributed by atoms with Crippen molar-refractivity contribution in [1.29, 1.82) is 0 Å². The number of aliphatic hydroxyl groups excluding tert-OH is 2. The van der Waals surface area contributed by atoms with Gasteiger partial charge in [0, 0.05) is 18.2 Å². The van der Waals surface area contributed by atoms with Crippen molar-refractivity contribution in [2.45, 2.75) is 77.2 Å². The summed E-state index contributed by atoms with van der Waals surface area (Å²) in [5.41, 5.74) is 2.74. The van der Waals surface area contributed by atoms with Crippen molar-refractivity contribution in [3.8, 4) is 5.75 Å². The summed E-state index contributed by atoms with van der Waals surface area (Å²) in [6.07, 6.45) is 13.2. The van der Waals surface area contributed by atoms with Gasteiger partial charge in [0.2, 0.25) is 0 Å². The molecular weight excluding hydrogens is 412 g/mol. The van der Waals surface area contributed by atoms with Gasteiger partial charge in [0.25, 0.3) is 0 Å². The molecule has 0 amide bonds. The Kier molecular flexibility index (Phi) is 8.26. The lowest BCUT2D eigenvalue weighted by atomic mass is 9.74. The summed E-state index contributed by atoms with van der Waals surface area (Å²) in [6, 6.07) is 5.83. The minimum Gasteiger partial charge on any atom is -0.497 e. The third-order valence-electron chi connectivity index (χ3n) is 8.43. The van der Waals surface area contributed by atoms with E-state index in [9.17, 15) is 10.2 Å². The van der Waals surface area contributed by atoms with Gasteiger partial charge in [-0.05, 0) is 99.3 Å². The standard InChI is InChI=1S/C28H42N2O3/c1-21-19-29-25-9-8-23(33-2)18-24(25)27(21)26(32)10-12-28(20-31)13-16-30(17-14-28)15-11-22-6-4-3-5-7-22/h8-9,18-19,22,26,31-32H,3-7,10-17,20H2,1-2H3/t26-/m0/s1. The molecule has 2 aromatic rings. The zero-order valence-corrected chi connectivity index (χ0v) is 20.6. The minimum absolute atomic E-state index is 0.0727. The molecule has 1 atom stereocenters. The normalized spacial score (nSPS) is 20.7. The Balaban J connectivity index is 1.35. The van der Waals surface area contributed by atoms with E-state index in [1.807, 2.05) is 31.3 Å². The van der Waals surface area contributed by atoms with Crippen LogP contribution in [0.3, 0.4) is 0 Å². The largest absolute Gasteiger partial charge is 0.497 e. The van der Waals surface area contributed by atoms with Crippen LogP contribution >= 0.6 is 0 Å². The Hall–Kier alpha value is -1.69. The number of hydrogen-bond donors (Lipinski definition) is 2. The number of likely N-dealkylation sites (tertiary alicyclic amines) is 1. The van der Waals surface area contributed by atoms with Crippen LogP contribution in [0.15, 0.2) is 24.4 Å². The molecule has 2 fully saturated rings. The Morgan fingerprint density at radius 2 is 1.94 bits per heavy atom. The van der Waals surface area contributed by atoms with Crippen molar-refractivity contribution in [2.75, 3.05) is 33.4 Å². The van der Waals surface area contributed by atoms with E-state index >= 15 is 0 Å². The van der Waals surface area contributed by atoms with E-state index in [2.05, 4.69) is 9.88 Å². The van der Waals surface area contributed by atoms with E-state index in [1.165, 1.54) is 45.1 Å². The fraction of sp³-hybridized carbons (Fsp3) is 0.679. The number of ether oxygens (including phenoxy) is 1. The fourth-order valence-corrected chi connectivity index (χ4v) is 6.03. The van der Waals surface area contributed by atoms with Crippen LogP contribution < -0.4 is 4.74 Å². The molecule has 2 aliphatic rings. The predicted molar refractivity (Wildman–Crippen MR) is 134 cm³/mol. The lowest BCUT2D eigenvalue weighted by molar-refractivity contribution is 0.0218. The second-order valence-electron chi connectivity index (χ2n) is 10.6. The quantitative estimate of drug-likeness (QED) is 0.530. The number of hydrogen-bond acceptors (Lipinski definition) is 5. The van der Waals surface area contributed by atoms with Crippen LogP contribution in [0.2, 0.25) is 0 Å². The Morgan fingerprint density at radius 3 is 2.64 bits per heavy atom. The summed E-state index contributed by atoms with van der Waals surface area (Å²) in [7, 11) is 1.66. The van der Waals surface area contributed by atoms with Crippen molar-refractivity contribution in [3.63, 3.8) is 0 Å². The van der Waals surface area contributed by atoms with Crippen molar-refractivity contribution in [1.82, 2.24) is 9.88 Å². The smallest absolute Gasteiger partial charge is 0.119 e. The van der Waals surface area contributed by atoms with Crippen molar-refractivity contribution in [2.24, 2.45) is 11.3 Å². The first-order valence-electron chi connectivity index (χ1n) is 13.0. The summed E-state index contributed by atoms with van der Waals surface area (Å²) in [5.74, 6) is 1.70. The maximum Gasteiger partial charge on any atom is 0.119 e. The molecule has 33 heavy (non-hydrogen) atoms. The number of methoxy groups -OCH3 is 1. The van der Waals surface area contributed by atoms with Crippen LogP contribution in [0.5, 0.6) is 5.75 Å². The van der Waals surface area contributed by atoms with E-state index in [0.717, 1.165) is 66.0 Å². The van der Waals surface area contributed by atoms with Crippen LogP contribution in [-0.2, 0) is 0 Å². The molecule has 1 aliphatic carbocycles. The van der Waals surface area contributed by atoms with Gasteiger partial charge in [-0.2, -0.15) is 0 Å². The molecule has 1 aromatic heterocycles. The molecule has 0 spiro atoms. The highest BCUT2D eigenvalue weighted by Gasteiger charge is 2.34. The first-order valence-corrected chi connectivity index (χ1v) is 13.0. The van der Waals surface area contributed by atoms with E-state index < -0.39 is 6.10 Å². The van der Waals surface area contributed by atoms with Gasteiger partial charge in [-0.1, -0.05) is 32.1 Å². The molecule has 1 saturated carbocycles. The Morgan fingerprint density at radius 1 is 1.18 bits per heavy atom. The predicted octanol–water partition coefficient (Wildman–Crippen LogP) is 5.41. The van der Waals surface area contributed by atoms with Gasteiger partial charge in [0.1, 0.15) is 5.75 Å². The molecular formula is C28H42N2O3. The van der Waals surface area contributed by atoms with Gasteiger partial charge in [-0.3, -0.25) is 4.98 Å². The molecule has 0 bridgehead atoms. The zero-order chi connectivity index (χ0) is 23.3. The number of benzene rings is 1. The monoisotopic (exact) mass is 454 g/mol.